The molecular formula is C20H22Cl2N4OS. The van der Waals surface area contributed by atoms with Crippen molar-refractivity contribution in [2.24, 2.45) is 0 Å². The molecule has 0 aliphatic carbocycles. The molecule has 1 amide bonds. The summed E-state index contributed by atoms with van der Waals surface area (Å²) in [4.78, 5) is 22.1. The number of nitrogens with zero attached hydrogens (tertiary/aromatic N) is 3. The summed E-state index contributed by atoms with van der Waals surface area (Å²) in [5.74, 6) is 0.406. The van der Waals surface area contributed by atoms with Crippen molar-refractivity contribution >= 4 is 63.5 Å². The van der Waals surface area contributed by atoms with Crippen LogP contribution in [0.2, 0.25) is 10.0 Å². The Morgan fingerprint density at radius 2 is 1.89 bits per heavy atom. The van der Waals surface area contributed by atoms with Crippen molar-refractivity contribution in [1.82, 2.24) is 9.88 Å². The number of nitrogens with one attached hydrogen (secondary N) is 1. The van der Waals surface area contributed by atoms with Gasteiger partial charge in [0.25, 0.3) is 0 Å². The number of hydrogen-bond acceptors (Lipinski definition) is 4. The van der Waals surface area contributed by atoms with Crippen LogP contribution in [0, 0.1) is 0 Å². The SMILES string of the molecule is CCCN(CCC)CC(=O)N1c2cc(Cl)c(Cl)cc2NC(=S)c2cccnc21. The lowest BCUT2D eigenvalue weighted by Gasteiger charge is -2.27. The first-order valence-electron chi connectivity index (χ1n) is 9.27. The molecule has 2 heterocycles. The molecule has 1 aromatic carbocycles. The van der Waals surface area contributed by atoms with Gasteiger partial charge in [0.1, 0.15) is 10.8 Å². The molecule has 3 rings (SSSR count). The lowest BCUT2D eigenvalue weighted by atomic mass is 10.2. The van der Waals surface area contributed by atoms with Crippen LogP contribution in [0.3, 0.4) is 0 Å². The lowest BCUT2D eigenvalue weighted by Crippen LogP contribution is -2.39. The molecule has 0 saturated heterocycles. The summed E-state index contributed by atoms with van der Waals surface area (Å²) < 4.78 is 0. The van der Waals surface area contributed by atoms with Gasteiger partial charge in [0.05, 0.1) is 33.5 Å². The number of halogens is 2. The minimum Gasteiger partial charge on any atom is -0.344 e. The first kappa shape index (κ1) is 21.0. The van der Waals surface area contributed by atoms with Gasteiger partial charge in [0, 0.05) is 6.20 Å². The number of carbonyl (C=O) groups is 1. The molecule has 0 fully saturated rings. The fourth-order valence-corrected chi connectivity index (χ4v) is 3.89. The van der Waals surface area contributed by atoms with E-state index in [1.54, 1.807) is 29.3 Å². The summed E-state index contributed by atoms with van der Waals surface area (Å²) in [5.41, 5.74) is 1.90. The quantitative estimate of drug-likeness (QED) is 0.624. The molecule has 1 aliphatic rings. The molecular weight excluding hydrogens is 415 g/mol. The molecule has 5 nitrogen and oxygen atoms in total. The van der Waals surface area contributed by atoms with E-state index in [1.807, 2.05) is 6.07 Å². The van der Waals surface area contributed by atoms with Crippen LogP contribution in [-0.2, 0) is 4.79 Å². The average molecular weight is 437 g/mol. The third-order valence-corrected chi connectivity index (χ3v) is 5.50. The molecule has 8 heteroatoms. The molecule has 148 valence electrons. The Morgan fingerprint density at radius 3 is 2.57 bits per heavy atom. The molecule has 0 atom stereocenters. The minimum absolute atomic E-state index is 0.0898. The first-order valence-corrected chi connectivity index (χ1v) is 10.4. The van der Waals surface area contributed by atoms with E-state index in [2.05, 4.69) is 29.0 Å². The van der Waals surface area contributed by atoms with Crippen LogP contribution in [0.15, 0.2) is 30.5 Å². The van der Waals surface area contributed by atoms with Crippen molar-refractivity contribution < 1.29 is 4.79 Å². The van der Waals surface area contributed by atoms with Crippen LogP contribution in [0.4, 0.5) is 17.2 Å². The zero-order valence-corrected chi connectivity index (χ0v) is 18.2. The Kier molecular flexibility index (Phi) is 6.88. The van der Waals surface area contributed by atoms with Gasteiger partial charge in [-0.05, 0) is 50.2 Å². The van der Waals surface area contributed by atoms with Crippen LogP contribution in [0.5, 0.6) is 0 Å². The van der Waals surface area contributed by atoms with Gasteiger partial charge < -0.3 is 5.32 Å². The second kappa shape index (κ2) is 9.18. The molecule has 1 aliphatic heterocycles. The van der Waals surface area contributed by atoms with Crippen LogP contribution >= 0.6 is 35.4 Å². The lowest BCUT2D eigenvalue weighted by molar-refractivity contribution is -0.119. The molecule has 0 bridgehead atoms. The normalized spacial score (nSPS) is 13.0. The maximum Gasteiger partial charge on any atom is 0.246 e. The second-order valence-corrected chi connectivity index (χ2v) is 7.84. The summed E-state index contributed by atoms with van der Waals surface area (Å²) in [5, 5.41) is 3.93. The van der Waals surface area contributed by atoms with Crippen molar-refractivity contribution in [2.45, 2.75) is 26.7 Å². The van der Waals surface area contributed by atoms with Crippen molar-refractivity contribution in [3.8, 4) is 0 Å². The van der Waals surface area contributed by atoms with Crippen LogP contribution in [0.25, 0.3) is 0 Å². The van der Waals surface area contributed by atoms with Gasteiger partial charge in [0.2, 0.25) is 5.91 Å². The molecule has 0 saturated carbocycles. The van der Waals surface area contributed by atoms with Crippen molar-refractivity contribution in [2.75, 3.05) is 29.9 Å². The Hall–Kier alpha value is -1.73. The van der Waals surface area contributed by atoms with Crippen LogP contribution in [0.1, 0.15) is 32.3 Å². The molecule has 2 aromatic rings. The molecule has 0 unspecified atom stereocenters. The zero-order valence-electron chi connectivity index (χ0n) is 15.8. The van der Waals surface area contributed by atoms with Gasteiger partial charge in [-0.2, -0.15) is 0 Å². The van der Waals surface area contributed by atoms with Gasteiger partial charge in [0.15, 0.2) is 0 Å². The number of pyridine rings is 1. The number of aromatic nitrogens is 1. The van der Waals surface area contributed by atoms with Gasteiger partial charge in [-0.25, -0.2) is 4.98 Å². The Morgan fingerprint density at radius 1 is 1.21 bits per heavy atom. The first-order chi connectivity index (χ1) is 13.5. The summed E-state index contributed by atoms with van der Waals surface area (Å²) >= 11 is 18.0. The summed E-state index contributed by atoms with van der Waals surface area (Å²) in [6, 6.07) is 7.02. The fourth-order valence-electron chi connectivity index (χ4n) is 3.29. The van der Waals surface area contributed by atoms with Crippen molar-refractivity contribution in [1.29, 1.82) is 0 Å². The van der Waals surface area contributed by atoms with E-state index in [0.29, 0.717) is 37.8 Å². The zero-order chi connectivity index (χ0) is 20.3. The predicted molar refractivity (Wildman–Crippen MR) is 120 cm³/mol. The van der Waals surface area contributed by atoms with E-state index >= 15 is 0 Å². The topological polar surface area (TPSA) is 48.5 Å². The highest BCUT2D eigenvalue weighted by Gasteiger charge is 2.30. The van der Waals surface area contributed by atoms with E-state index in [0.717, 1.165) is 25.9 Å². The fraction of sp³-hybridized carbons (Fsp3) is 0.350. The Balaban J connectivity index is 2.10. The van der Waals surface area contributed by atoms with E-state index in [1.165, 1.54) is 0 Å². The number of hydrogen-bond donors (Lipinski definition) is 1. The molecule has 1 aromatic heterocycles. The largest absolute Gasteiger partial charge is 0.344 e. The Bertz CT molecular complexity index is 900. The molecule has 28 heavy (non-hydrogen) atoms. The smallest absolute Gasteiger partial charge is 0.246 e. The molecule has 0 spiro atoms. The van der Waals surface area contributed by atoms with E-state index < -0.39 is 0 Å². The third-order valence-electron chi connectivity index (χ3n) is 4.46. The van der Waals surface area contributed by atoms with E-state index in [-0.39, 0.29) is 12.5 Å². The number of rotatable bonds is 6. The van der Waals surface area contributed by atoms with E-state index in [4.69, 9.17) is 35.4 Å². The average Bonchev–Trinajstić information content (AvgIpc) is 2.77. The minimum atomic E-state index is -0.0898. The maximum absolute atomic E-state index is 13.4. The predicted octanol–water partition coefficient (Wildman–Crippen LogP) is 5.28. The van der Waals surface area contributed by atoms with Crippen LogP contribution < -0.4 is 10.2 Å². The van der Waals surface area contributed by atoms with E-state index in [9.17, 15) is 4.79 Å². The number of anilines is 3. The number of amides is 1. The summed E-state index contributed by atoms with van der Waals surface area (Å²) in [6.45, 7) is 6.20. The van der Waals surface area contributed by atoms with Gasteiger partial charge >= 0.3 is 0 Å². The monoisotopic (exact) mass is 436 g/mol. The number of thiocarbonyl (C=S) groups is 1. The second-order valence-electron chi connectivity index (χ2n) is 6.62. The highest BCUT2D eigenvalue weighted by Crippen LogP contribution is 2.41. The van der Waals surface area contributed by atoms with Crippen LogP contribution in [-0.4, -0.2) is 40.4 Å². The summed E-state index contributed by atoms with van der Waals surface area (Å²) in [6.07, 6.45) is 3.61. The number of benzene rings is 1. The number of carbonyl (C=O) groups excluding carboxylic acids is 1. The highest BCUT2D eigenvalue weighted by molar-refractivity contribution is 7.81. The standard InChI is InChI=1S/C20H22Cl2N4OS/c1-3-8-25(9-4-2)12-18(27)26-17-11-15(22)14(21)10-16(17)24-20(28)13-6-5-7-23-19(13)26/h5-7,10-11H,3-4,8-9,12H2,1-2H3,(H,24,28). The highest BCUT2D eigenvalue weighted by atomic mass is 35.5. The molecule has 1 N–H and O–H groups in total. The Labute approximate surface area is 180 Å². The van der Waals surface area contributed by atoms with Crippen molar-refractivity contribution in [3.63, 3.8) is 0 Å². The third kappa shape index (κ3) is 4.30. The molecule has 0 radical (unpaired) electrons. The van der Waals surface area contributed by atoms with Gasteiger partial charge in [-0.15, -0.1) is 0 Å². The number of fused-ring (bicyclic) bond motifs is 2. The maximum atomic E-state index is 13.4. The van der Waals surface area contributed by atoms with Gasteiger partial charge in [-0.1, -0.05) is 49.3 Å². The van der Waals surface area contributed by atoms with Crippen molar-refractivity contribution in [3.05, 3.63) is 46.1 Å². The van der Waals surface area contributed by atoms with Gasteiger partial charge in [-0.3, -0.25) is 14.6 Å². The summed E-state index contributed by atoms with van der Waals surface area (Å²) in [7, 11) is 0.